The van der Waals surface area contributed by atoms with Crippen LogP contribution in [0.15, 0.2) is 245 Å². The Labute approximate surface area is 370 Å². The van der Waals surface area contributed by atoms with E-state index in [0.717, 1.165) is 77.6 Å². The first-order chi connectivity index (χ1) is 31.7. The van der Waals surface area contributed by atoms with Gasteiger partial charge in [0.25, 0.3) is 0 Å². The standard InChI is InChI=1S/C61H39NO2/c1-4-17-40(18-5-1)41-33-35-55-51(37-41)59-49(27-15-31-57(59)63-55)50-28-16-32-58-60(50)52-39-46(34-36-56(52)64-58)62(44-22-8-3-9-23-44)45-24-14-21-43(38-45)61(42-19-6-2-7-20-42)53-29-12-10-25-47(53)48-26-11-13-30-54(48)61/h1-39H. The summed E-state index contributed by atoms with van der Waals surface area (Å²) in [5, 5.41) is 4.31. The number of hydrogen-bond donors (Lipinski definition) is 0. The maximum atomic E-state index is 6.69. The molecular weight excluding hydrogens is 779 g/mol. The van der Waals surface area contributed by atoms with Crippen LogP contribution in [0.2, 0.25) is 0 Å². The van der Waals surface area contributed by atoms with Crippen LogP contribution in [0.4, 0.5) is 17.1 Å². The number of anilines is 3. The smallest absolute Gasteiger partial charge is 0.136 e. The molecule has 0 aliphatic heterocycles. The predicted octanol–water partition coefficient (Wildman–Crippen LogP) is 16.7. The van der Waals surface area contributed by atoms with Crippen molar-refractivity contribution in [3.63, 3.8) is 0 Å². The van der Waals surface area contributed by atoms with Crippen molar-refractivity contribution in [3.05, 3.63) is 259 Å². The molecule has 0 saturated heterocycles. The third-order valence-corrected chi connectivity index (χ3v) is 13.3. The molecule has 0 N–H and O–H groups in total. The number of hydrogen-bond acceptors (Lipinski definition) is 3. The van der Waals surface area contributed by atoms with Gasteiger partial charge in [-0.1, -0.05) is 170 Å². The summed E-state index contributed by atoms with van der Waals surface area (Å²) in [6, 6.07) is 85.2. The Morgan fingerprint density at radius 3 is 1.44 bits per heavy atom. The molecule has 3 heteroatoms. The molecule has 2 aromatic heterocycles. The van der Waals surface area contributed by atoms with Crippen LogP contribution in [-0.4, -0.2) is 0 Å². The maximum Gasteiger partial charge on any atom is 0.136 e. The molecule has 0 spiro atoms. The van der Waals surface area contributed by atoms with Crippen molar-refractivity contribution in [2.24, 2.45) is 0 Å². The van der Waals surface area contributed by atoms with Crippen LogP contribution in [0.3, 0.4) is 0 Å². The van der Waals surface area contributed by atoms with Crippen LogP contribution in [0.25, 0.3) is 77.3 Å². The van der Waals surface area contributed by atoms with E-state index in [1.54, 1.807) is 0 Å². The molecule has 0 amide bonds. The minimum atomic E-state index is -0.521. The van der Waals surface area contributed by atoms with Gasteiger partial charge in [-0.3, -0.25) is 0 Å². The molecule has 0 bridgehead atoms. The fourth-order valence-electron chi connectivity index (χ4n) is 10.7. The van der Waals surface area contributed by atoms with Crippen LogP contribution >= 0.6 is 0 Å². The van der Waals surface area contributed by atoms with Crippen molar-refractivity contribution in [1.29, 1.82) is 0 Å². The third-order valence-electron chi connectivity index (χ3n) is 13.3. The minimum absolute atomic E-state index is 0.521. The van der Waals surface area contributed by atoms with Crippen molar-refractivity contribution in [3.8, 4) is 33.4 Å². The lowest BCUT2D eigenvalue weighted by Gasteiger charge is -2.35. The molecule has 300 valence electrons. The number of rotatable bonds is 7. The molecule has 0 unspecified atom stereocenters. The number of benzene rings is 10. The van der Waals surface area contributed by atoms with Gasteiger partial charge in [-0.2, -0.15) is 0 Å². The Bertz CT molecular complexity index is 3690. The molecule has 64 heavy (non-hydrogen) atoms. The van der Waals surface area contributed by atoms with E-state index < -0.39 is 5.41 Å². The van der Waals surface area contributed by atoms with Crippen LogP contribution in [0.5, 0.6) is 0 Å². The van der Waals surface area contributed by atoms with Crippen molar-refractivity contribution in [1.82, 2.24) is 0 Å². The summed E-state index contributed by atoms with van der Waals surface area (Å²) in [5.41, 5.74) is 18.2. The molecule has 0 radical (unpaired) electrons. The second-order valence-electron chi connectivity index (χ2n) is 16.7. The highest BCUT2D eigenvalue weighted by Crippen LogP contribution is 2.57. The highest BCUT2D eigenvalue weighted by Gasteiger charge is 2.46. The second kappa shape index (κ2) is 14.3. The summed E-state index contributed by atoms with van der Waals surface area (Å²) in [6.07, 6.45) is 0. The van der Waals surface area contributed by atoms with Crippen LogP contribution in [0.1, 0.15) is 22.3 Å². The number of para-hydroxylation sites is 1. The third kappa shape index (κ3) is 5.41. The molecule has 13 rings (SSSR count). The lowest BCUT2D eigenvalue weighted by atomic mass is 9.67. The molecule has 1 aliphatic rings. The van der Waals surface area contributed by atoms with Crippen molar-refractivity contribution < 1.29 is 8.83 Å². The second-order valence-corrected chi connectivity index (χ2v) is 16.7. The zero-order chi connectivity index (χ0) is 42.2. The Morgan fingerprint density at radius 1 is 0.297 bits per heavy atom. The quantitative estimate of drug-likeness (QED) is 0.160. The Hall–Kier alpha value is -8.40. The van der Waals surface area contributed by atoms with E-state index in [-0.39, 0.29) is 0 Å². The number of furan rings is 2. The van der Waals surface area contributed by atoms with E-state index in [2.05, 4.69) is 241 Å². The van der Waals surface area contributed by atoms with E-state index in [4.69, 9.17) is 8.83 Å². The van der Waals surface area contributed by atoms with Gasteiger partial charge >= 0.3 is 0 Å². The van der Waals surface area contributed by atoms with Gasteiger partial charge in [0.05, 0.1) is 5.41 Å². The van der Waals surface area contributed by atoms with E-state index in [1.165, 1.54) is 38.9 Å². The zero-order valence-corrected chi connectivity index (χ0v) is 34.8. The van der Waals surface area contributed by atoms with Crippen LogP contribution in [0, 0.1) is 0 Å². The van der Waals surface area contributed by atoms with Gasteiger partial charge < -0.3 is 13.7 Å². The summed E-state index contributed by atoms with van der Waals surface area (Å²) in [4.78, 5) is 2.38. The van der Waals surface area contributed by atoms with Crippen molar-refractivity contribution in [2.75, 3.05) is 4.90 Å². The lowest BCUT2D eigenvalue weighted by molar-refractivity contribution is 0.668. The van der Waals surface area contributed by atoms with E-state index in [1.807, 2.05) is 0 Å². The normalized spacial score (nSPS) is 12.8. The summed E-state index contributed by atoms with van der Waals surface area (Å²) in [5.74, 6) is 0. The monoisotopic (exact) mass is 817 g/mol. The van der Waals surface area contributed by atoms with Gasteiger partial charge in [0.2, 0.25) is 0 Å². The molecule has 2 heterocycles. The first-order valence-electron chi connectivity index (χ1n) is 21.9. The predicted molar refractivity (Wildman–Crippen MR) is 264 cm³/mol. The number of fused-ring (bicyclic) bond motifs is 9. The zero-order valence-electron chi connectivity index (χ0n) is 34.8. The topological polar surface area (TPSA) is 29.5 Å². The Balaban J connectivity index is 1.02. The van der Waals surface area contributed by atoms with E-state index in [0.29, 0.717) is 0 Å². The summed E-state index contributed by atoms with van der Waals surface area (Å²) in [6.45, 7) is 0. The maximum absolute atomic E-state index is 6.69. The molecule has 0 atom stereocenters. The average Bonchev–Trinajstić information content (AvgIpc) is 4.03. The SMILES string of the molecule is c1ccc(-c2ccc3oc4cccc(-c5cccc6oc7ccc(N(c8ccccc8)c8cccc(C9(c%10ccccc%10)c%10ccccc%10-c%10ccccc%109)c8)cc7c56)c4c3c2)cc1. The fraction of sp³-hybridized carbons (Fsp3) is 0.0164. The molecule has 1 aliphatic carbocycles. The summed E-state index contributed by atoms with van der Waals surface area (Å²) < 4.78 is 13.2. The van der Waals surface area contributed by atoms with Gasteiger partial charge in [0, 0.05) is 38.6 Å². The van der Waals surface area contributed by atoms with Gasteiger partial charge in [-0.25, -0.2) is 0 Å². The number of nitrogens with zero attached hydrogens (tertiary/aromatic N) is 1. The first kappa shape index (κ1) is 36.3. The Kier molecular flexibility index (Phi) is 8.13. The van der Waals surface area contributed by atoms with Gasteiger partial charge in [-0.05, 0) is 122 Å². The minimum Gasteiger partial charge on any atom is -0.456 e. The fourth-order valence-corrected chi connectivity index (χ4v) is 10.7. The lowest BCUT2D eigenvalue weighted by Crippen LogP contribution is -2.28. The summed E-state index contributed by atoms with van der Waals surface area (Å²) in [7, 11) is 0. The van der Waals surface area contributed by atoms with Gasteiger partial charge in [0.1, 0.15) is 22.3 Å². The Morgan fingerprint density at radius 2 is 0.781 bits per heavy atom. The van der Waals surface area contributed by atoms with Crippen LogP contribution < -0.4 is 4.90 Å². The molecule has 0 saturated carbocycles. The summed E-state index contributed by atoms with van der Waals surface area (Å²) >= 11 is 0. The molecule has 3 nitrogen and oxygen atoms in total. The van der Waals surface area contributed by atoms with E-state index >= 15 is 0 Å². The van der Waals surface area contributed by atoms with Gasteiger partial charge in [-0.15, -0.1) is 0 Å². The highest BCUT2D eigenvalue weighted by atomic mass is 16.3. The molecular formula is C61H39NO2. The first-order valence-corrected chi connectivity index (χ1v) is 21.9. The largest absolute Gasteiger partial charge is 0.456 e. The van der Waals surface area contributed by atoms with Gasteiger partial charge in [0.15, 0.2) is 0 Å². The van der Waals surface area contributed by atoms with Crippen LogP contribution in [-0.2, 0) is 5.41 Å². The molecule has 10 aromatic carbocycles. The van der Waals surface area contributed by atoms with E-state index in [9.17, 15) is 0 Å². The molecule has 12 aromatic rings. The highest BCUT2D eigenvalue weighted by molar-refractivity contribution is 6.20. The van der Waals surface area contributed by atoms with Crippen molar-refractivity contribution in [2.45, 2.75) is 5.41 Å². The average molecular weight is 818 g/mol. The van der Waals surface area contributed by atoms with Crippen molar-refractivity contribution >= 4 is 60.9 Å². The molecule has 0 fully saturated rings.